The Morgan fingerprint density at radius 1 is 0.449 bits per heavy atom. The van der Waals surface area contributed by atoms with Crippen LogP contribution >= 0.6 is 0 Å². The van der Waals surface area contributed by atoms with E-state index in [0.717, 1.165) is 22.4 Å². The molecule has 0 aliphatic heterocycles. The molecule has 1 aromatic heterocycles. The molecule has 0 N–H and O–H groups in total. The SMILES string of the molecule is Cn1c(-c2ccccc2)nc2cc(-c3ccc4cc5c(cc4c3)C3(c4ccccc4-c4ccccc43)c3ccc4ccccc4c3-5)ccc21. The fourth-order valence-electron chi connectivity index (χ4n) is 9.05. The molecule has 0 fully saturated rings. The summed E-state index contributed by atoms with van der Waals surface area (Å²) in [7, 11) is 2.10. The van der Waals surface area contributed by atoms with Crippen LogP contribution in [0.15, 0.2) is 164 Å². The summed E-state index contributed by atoms with van der Waals surface area (Å²) in [5, 5.41) is 5.10. The first-order chi connectivity index (χ1) is 24.2. The van der Waals surface area contributed by atoms with Crippen molar-refractivity contribution in [3.05, 3.63) is 186 Å². The lowest BCUT2D eigenvalue weighted by Gasteiger charge is -2.30. The summed E-state index contributed by atoms with van der Waals surface area (Å²) in [6, 6.07) is 60.7. The van der Waals surface area contributed by atoms with Crippen molar-refractivity contribution in [3.63, 3.8) is 0 Å². The van der Waals surface area contributed by atoms with Crippen LogP contribution in [0.1, 0.15) is 22.3 Å². The van der Waals surface area contributed by atoms with Gasteiger partial charge in [-0.15, -0.1) is 0 Å². The highest BCUT2D eigenvalue weighted by Crippen LogP contribution is 2.64. The summed E-state index contributed by atoms with van der Waals surface area (Å²) in [6.45, 7) is 0. The Morgan fingerprint density at radius 2 is 1.12 bits per heavy atom. The first-order valence-electron chi connectivity index (χ1n) is 17.0. The molecule has 0 saturated heterocycles. The number of rotatable bonds is 2. The van der Waals surface area contributed by atoms with Crippen LogP contribution in [0.4, 0.5) is 0 Å². The molecule has 2 nitrogen and oxygen atoms in total. The fraction of sp³-hybridized carbons (Fsp3) is 0.0426. The van der Waals surface area contributed by atoms with Gasteiger partial charge in [0.25, 0.3) is 0 Å². The van der Waals surface area contributed by atoms with E-state index in [4.69, 9.17) is 4.98 Å². The summed E-state index contributed by atoms with van der Waals surface area (Å²) in [5.74, 6) is 0.983. The number of aryl methyl sites for hydroxylation is 1. The lowest BCUT2D eigenvalue weighted by Crippen LogP contribution is -2.25. The highest BCUT2D eigenvalue weighted by Gasteiger charge is 2.52. The van der Waals surface area contributed by atoms with Crippen molar-refractivity contribution in [2.45, 2.75) is 5.41 Å². The van der Waals surface area contributed by atoms with Gasteiger partial charge in [-0.1, -0.05) is 133 Å². The molecule has 228 valence electrons. The zero-order chi connectivity index (χ0) is 32.3. The molecule has 1 heterocycles. The third-order valence-electron chi connectivity index (χ3n) is 11.2. The second-order valence-electron chi connectivity index (χ2n) is 13.6. The maximum Gasteiger partial charge on any atom is 0.140 e. The summed E-state index contributed by atoms with van der Waals surface area (Å²) in [4.78, 5) is 5.08. The Morgan fingerprint density at radius 3 is 1.94 bits per heavy atom. The molecule has 0 bridgehead atoms. The first-order valence-corrected chi connectivity index (χ1v) is 17.0. The number of nitrogens with zero attached hydrogens (tertiary/aromatic N) is 2. The van der Waals surface area contributed by atoms with E-state index >= 15 is 0 Å². The van der Waals surface area contributed by atoms with Crippen LogP contribution in [-0.2, 0) is 12.5 Å². The normalized spacial score (nSPS) is 13.6. The summed E-state index contributed by atoms with van der Waals surface area (Å²) < 4.78 is 2.19. The van der Waals surface area contributed by atoms with Gasteiger partial charge < -0.3 is 4.57 Å². The van der Waals surface area contributed by atoms with Crippen molar-refractivity contribution in [1.29, 1.82) is 0 Å². The Hall–Kier alpha value is -6.25. The van der Waals surface area contributed by atoms with Crippen LogP contribution < -0.4 is 0 Å². The van der Waals surface area contributed by atoms with E-state index in [0.29, 0.717) is 0 Å². The molecule has 1 spiro atoms. The standard InChI is InChI=1S/C47H30N2/c1-49-44-24-22-33(28-43(44)48-46(49)30-12-3-2-4-13-30)31-19-20-32-26-38-42(27-34(32)25-31)47(41-23-21-29-11-5-6-14-35(29)45(38)41)39-17-9-7-15-36(39)37-16-8-10-18-40(37)47/h2-28H,1H3. The van der Waals surface area contributed by atoms with Crippen molar-refractivity contribution < 1.29 is 0 Å². The maximum atomic E-state index is 5.08. The van der Waals surface area contributed by atoms with Gasteiger partial charge >= 0.3 is 0 Å². The molecule has 2 aliphatic carbocycles. The summed E-state index contributed by atoms with van der Waals surface area (Å²) in [6.07, 6.45) is 0. The third kappa shape index (κ3) is 3.48. The minimum atomic E-state index is -0.382. The predicted molar refractivity (Wildman–Crippen MR) is 203 cm³/mol. The van der Waals surface area contributed by atoms with E-state index in [9.17, 15) is 0 Å². The molecule has 0 atom stereocenters. The highest BCUT2D eigenvalue weighted by molar-refractivity contribution is 6.09. The highest BCUT2D eigenvalue weighted by atomic mass is 15.1. The minimum Gasteiger partial charge on any atom is -0.327 e. The van der Waals surface area contributed by atoms with Crippen LogP contribution in [0, 0.1) is 0 Å². The zero-order valence-electron chi connectivity index (χ0n) is 27.0. The molecular formula is C47H30N2. The minimum absolute atomic E-state index is 0.382. The van der Waals surface area contributed by atoms with Gasteiger partial charge in [-0.25, -0.2) is 4.98 Å². The zero-order valence-corrected chi connectivity index (χ0v) is 27.0. The van der Waals surface area contributed by atoms with Gasteiger partial charge in [-0.2, -0.15) is 0 Å². The largest absolute Gasteiger partial charge is 0.327 e. The molecule has 2 heteroatoms. The van der Waals surface area contributed by atoms with Crippen molar-refractivity contribution in [3.8, 4) is 44.8 Å². The summed E-state index contributed by atoms with van der Waals surface area (Å²) >= 11 is 0. The molecule has 49 heavy (non-hydrogen) atoms. The van der Waals surface area contributed by atoms with Crippen LogP contribution in [0.3, 0.4) is 0 Å². The van der Waals surface area contributed by atoms with Crippen molar-refractivity contribution in [2.75, 3.05) is 0 Å². The number of imidazole rings is 1. The van der Waals surface area contributed by atoms with Crippen LogP contribution in [0.25, 0.3) is 77.3 Å². The van der Waals surface area contributed by atoms with Gasteiger partial charge in [0, 0.05) is 12.6 Å². The van der Waals surface area contributed by atoms with E-state index < -0.39 is 0 Å². The number of hydrogen-bond acceptors (Lipinski definition) is 1. The Kier molecular flexibility index (Phi) is 5.28. The lowest BCUT2D eigenvalue weighted by molar-refractivity contribution is 0.795. The number of hydrogen-bond donors (Lipinski definition) is 0. The maximum absolute atomic E-state index is 5.08. The first kappa shape index (κ1) is 26.8. The van der Waals surface area contributed by atoms with Crippen molar-refractivity contribution in [1.82, 2.24) is 9.55 Å². The lowest BCUT2D eigenvalue weighted by atomic mass is 9.70. The molecule has 9 aromatic rings. The van der Waals surface area contributed by atoms with Gasteiger partial charge in [-0.05, 0) is 108 Å². The van der Waals surface area contributed by atoms with Gasteiger partial charge in [0.1, 0.15) is 5.82 Å². The van der Waals surface area contributed by atoms with Gasteiger partial charge in [0.05, 0.1) is 16.4 Å². The van der Waals surface area contributed by atoms with E-state index in [-0.39, 0.29) is 5.41 Å². The molecule has 8 aromatic carbocycles. The smallest absolute Gasteiger partial charge is 0.140 e. The quantitative estimate of drug-likeness (QED) is 0.188. The Balaban J connectivity index is 1.16. The number of aromatic nitrogens is 2. The van der Waals surface area contributed by atoms with Gasteiger partial charge in [-0.3, -0.25) is 0 Å². The molecule has 2 aliphatic rings. The third-order valence-corrected chi connectivity index (χ3v) is 11.2. The van der Waals surface area contributed by atoms with E-state index in [1.165, 1.54) is 77.2 Å². The average molecular weight is 623 g/mol. The van der Waals surface area contributed by atoms with Crippen molar-refractivity contribution >= 4 is 32.6 Å². The van der Waals surface area contributed by atoms with Crippen molar-refractivity contribution in [2.24, 2.45) is 7.05 Å². The van der Waals surface area contributed by atoms with E-state index in [1.807, 2.05) is 6.07 Å². The fourth-order valence-corrected chi connectivity index (χ4v) is 9.05. The molecule has 0 radical (unpaired) electrons. The van der Waals surface area contributed by atoms with Crippen LogP contribution in [0.5, 0.6) is 0 Å². The van der Waals surface area contributed by atoms with E-state index in [2.05, 4.69) is 169 Å². The molecule has 0 amide bonds. The molecule has 11 rings (SSSR count). The molecule has 0 unspecified atom stereocenters. The second kappa shape index (κ2) is 9.65. The topological polar surface area (TPSA) is 17.8 Å². The van der Waals surface area contributed by atoms with Crippen LogP contribution in [-0.4, -0.2) is 9.55 Å². The number of fused-ring (bicyclic) bond motifs is 14. The van der Waals surface area contributed by atoms with Gasteiger partial charge in [0.2, 0.25) is 0 Å². The molecular weight excluding hydrogens is 593 g/mol. The Bertz CT molecular complexity index is 2790. The predicted octanol–water partition coefficient (Wildman–Crippen LogP) is 11.6. The van der Waals surface area contributed by atoms with Crippen LogP contribution in [0.2, 0.25) is 0 Å². The molecule has 0 saturated carbocycles. The Labute approximate surface area is 284 Å². The monoisotopic (exact) mass is 622 g/mol. The average Bonchev–Trinajstić information content (AvgIpc) is 3.76. The summed E-state index contributed by atoms with van der Waals surface area (Å²) in [5.41, 5.74) is 16.1. The van der Waals surface area contributed by atoms with E-state index in [1.54, 1.807) is 0 Å². The number of benzene rings is 8. The van der Waals surface area contributed by atoms with Gasteiger partial charge in [0.15, 0.2) is 0 Å². The second-order valence-corrected chi connectivity index (χ2v) is 13.6.